The minimum atomic E-state index is -3.64. The number of nitrogens with zero attached hydrogens (tertiary/aromatic N) is 2. The van der Waals surface area contributed by atoms with Crippen LogP contribution in [0.25, 0.3) is 6.08 Å². The lowest BCUT2D eigenvalue weighted by Crippen LogP contribution is -2.35. The molecule has 0 atom stereocenters. The van der Waals surface area contributed by atoms with Crippen molar-refractivity contribution in [3.05, 3.63) is 42.0 Å². The third kappa shape index (κ3) is 5.45. The Kier molecular flexibility index (Phi) is 7.83. The van der Waals surface area contributed by atoms with Gasteiger partial charge in [0.05, 0.1) is 7.11 Å². The van der Waals surface area contributed by atoms with Crippen LogP contribution in [0, 0.1) is 0 Å². The van der Waals surface area contributed by atoms with E-state index in [0.717, 1.165) is 24.8 Å². The molecule has 0 radical (unpaired) electrons. The fourth-order valence-corrected chi connectivity index (χ4v) is 4.89. The number of hydrogen-bond donors (Lipinski definition) is 0. The van der Waals surface area contributed by atoms with Gasteiger partial charge in [-0.2, -0.15) is 4.31 Å². The van der Waals surface area contributed by atoms with Crippen LogP contribution in [0.5, 0.6) is 5.75 Å². The molecule has 1 aromatic rings. The van der Waals surface area contributed by atoms with Crippen molar-refractivity contribution in [1.29, 1.82) is 0 Å². The van der Waals surface area contributed by atoms with E-state index in [-0.39, 0.29) is 10.8 Å². The number of likely N-dealkylation sites (N-methyl/N-ethyl adjacent to an activating group) is 1. The molecule has 0 spiro atoms. The van der Waals surface area contributed by atoms with Crippen molar-refractivity contribution in [3.63, 3.8) is 0 Å². The first-order chi connectivity index (χ1) is 13.3. The van der Waals surface area contributed by atoms with Crippen molar-refractivity contribution in [2.24, 2.45) is 0 Å². The summed E-state index contributed by atoms with van der Waals surface area (Å²) in [4.78, 5) is 14.2. The minimum absolute atomic E-state index is 0.137. The number of piperidine rings is 1. The SMILES string of the molecule is C=C(C)CN(CC)C(=O)C=Cc1ccc(OC)c(S(=O)(=O)N2CCCCC2)c1. The number of amides is 1. The highest BCUT2D eigenvalue weighted by molar-refractivity contribution is 7.89. The fraction of sp³-hybridized carbons (Fsp3) is 0.476. The largest absolute Gasteiger partial charge is 0.495 e. The molecule has 0 bridgehead atoms. The van der Waals surface area contributed by atoms with E-state index in [2.05, 4.69) is 6.58 Å². The fourth-order valence-electron chi connectivity index (χ4n) is 3.19. The van der Waals surface area contributed by atoms with Gasteiger partial charge in [-0.25, -0.2) is 8.42 Å². The van der Waals surface area contributed by atoms with Crippen molar-refractivity contribution in [2.45, 2.75) is 38.0 Å². The summed E-state index contributed by atoms with van der Waals surface area (Å²) in [7, 11) is -2.18. The predicted octanol–water partition coefficient (Wildman–Crippen LogP) is 3.31. The molecule has 6 nitrogen and oxygen atoms in total. The quantitative estimate of drug-likeness (QED) is 0.491. The first-order valence-corrected chi connectivity index (χ1v) is 11.0. The van der Waals surface area contributed by atoms with Gasteiger partial charge in [-0.1, -0.05) is 24.6 Å². The molecule has 1 saturated heterocycles. The number of ether oxygens (including phenoxy) is 1. The second-order valence-electron chi connectivity index (χ2n) is 7.02. The Morgan fingerprint density at radius 3 is 2.54 bits per heavy atom. The average Bonchev–Trinajstić information content (AvgIpc) is 2.70. The molecule has 0 unspecified atom stereocenters. The van der Waals surface area contributed by atoms with Crippen LogP contribution >= 0.6 is 0 Å². The van der Waals surface area contributed by atoms with Crippen LogP contribution in [-0.4, -0.2) is 56.8 Å². The molecule has 1 aliphatic rings. The van der Waals surface area contributed by atoms with Crippen molar-refractivity contribution in [2.75, 3.05) is 33.3 Å². The van der Waals surface area contributed by atoms with Gasteiger partial charge in [0.1, 0.15) is 10.6 Å². The molecular formula is C21H30N2O4S. The minimum Gasteiger partial charge on any atom is -0.495 e. The maximum Gasteiger partial charge on any atom is 0.246 e. The third-order valence-corrected chi connectivity index (χ3v) is 6.61. The summed E-state index contributed by atoms with van der Waals surface area (Å²) in [5, 5.41) is 0. The van der Waals surface area contributed by atoms with Crippen LogP contribution in [-0.2, 0) is 14.8 Å². The van der Waals surface area contributed by atoms with Crippen molar-refractivity contribution >= 4 is 22.0 Å². The van der Waals surface area contributed by atoms with E-state index in [4.69, 9.17) is 4.74 Å². The van der Waals surface area contributed by atoms with E-state index in [9.17, 15) is 13.2 Å². The Morgan fingerprint density at radius 2 is 1.96 bits per heavy atom. The lowest BCUT2D eigenvalue weighted by Gasteiger charge is -2.26. The predicted molar refractivity (Wildman–Crippen MR) is 112 cm³/mol. The Hall–Kier alpha value is -2.12. The highest BCUT2D eigenvalue weighted by atomic mass is 32.2. The van der Waals surface area contributed by atoms with Crippen LogP contribution in [0.3, 0.4) is 0 Å². The van der Waals surface area contributed by atoms with Crippen LogP contribution in [0.2, 0.25) is 0 Å². The molecule has 154 valence electrons. The van der Waals surface area contributed by atoms with E-state index < -0.39 is 10.0 Å². The van der Waals surface area contributed by atoms with Crippen molar-refractivity contribution < 1.29 is 17.9 Å². The van der Waals surface area contributed by atoms with Gasteiger partial charge in [0.2, 0.25) is 15.9 Å². The van der Waals surface area contributed by atoms with Gasteiger partial charge in [0, 0.05) is 32.3 Å². The Bertz CT molecular complexity index is 840. The summed E-state index contributed by atoms with van der Waals surface area (Å²) in [6.45, 7) is 9.75. The lowest BCUT2D eigenvalue weighted by molar-refractivity contribution is -0.125. The average molecular weight is 407 g/mol. The van der Waals surface area contributed by atoms with Gasteiger partial charge in [0.25, 0.3) is 0 Å². The molecule has 0 N–H and O–H groups in total. The molecular weight excluding hydrogens is 376 g/mol. The number of benzene rings is 1. The van der Waals surface area contributed by atoms with Gasteiger partial charge >= 0.3 is 0 Å². The zero-order valence-corrected chi connectivity index (χ0v) is 17.8. The maximum absolute atomic E-state index is 13.1. The van der Waals surface area contributed by atoms with Gasteiger partial charge in [-0.15, -0.1) is 0 Å². The van der Waals surface area contributed by atoms with Crippen LogP contribution in [0.4, 0.5) is 0 Å². The summed E-state index contributed by atoms with van der Waals surface area (Å²) in [6, 6.07) is 4.95. The van der Waals surface area contributed by atoms with Gasteiger partial charge in [0.15, 0.2) is 0 Å². The normalized spacial score (nSPS) is 15.5. The zero-order valence-electron chi connectivity index (χ0n) is 17.0. The van der Waals surface area contributed by atoms with Crippen molar-refractivity contribution in [3.8, 4) is 5.75 Å². The van der Waals surface area contributed by atoms with Gasteiger partial charge in [-0.05, 0) is 50.5 Å². The van der Waals surface area contributed by atoms with E-state index >= 15 is 0 Å². The molecule has 28 heavy (non-hydrogen) atoms. The van der Waals surface area contributed by atoms with Crippen LogP contribution < -0.4 is 4.74 Å². The molecule has 1 aliphatic heterocycles. The van der Waals surface area contributed by atoms with Crippen LogP contribution in [0.1, 0.15) is 38.7 Å². The first-order valence-electron chi connectivity index (χ1n) is 9.59. The van der Waals surface area contributed by atoms with E-state index in [1.54, 1.807) is 29.2 Å². The number of carbonyl (C=O) groups is 1. The van der Waals surface area contributed by atoms with Gasteiger partial charge < -0.3 is 9.64 Å². The lowest BCUT2D eigenvalue weighted by atomic mass is 10.2. The standard InChI is InChI=1S/C21H30N2O4S/c1-5-22(16-17(2)3)21(24)12-10-18-9-11-19(27-4)20(15-18)28(25,26)23-13-7-6-8-14-23/h9-12,15H,2,5-8,13-14,16H2,1,3-4H3. The highest BCUT2D eigenvalue weighted by Crippen LogP contribution is 2.30. The monoisotopic (exact) mass is 406 g/mol. The molecule has 0 saturated carbocycles. The molecule has 0 aromatic heterocycles. The molecule has 1 heterocycles. The molecule has 7 heteroatoms. The number of carbonyl (C=O) groups excluding carboxylic acids is 1. The molecule has 1 amide bonds. The van der Waals surface area contributed by atoms with Crippen LogP contribution in [0.15, 0.2) is 41.3 Å². The zero-order chi connectivity index (χ0) is 20.7. The third-order valence-electron chi connectivity index (χ3n) is 4.69. The van der Waals surface area contributed by atoms with E-state index in [0.29, 0.717) is 37.5 Å². The Labute approximate surface area is 168 Å². The summed E-state index contributed by atoms with van der Waals surface area (Å²) in [5.74, 6) is 0.174. The number of methoxy groups -OCH3 is 1. The molecule has 1 aromatic carbocycles. The number of sulfonamides is 1. The highest BCUT2D eigenvalue weighted by Gasteiger charge is 2.29. The molecule has 0 aliphatic carbocycles. The topological polar surface area (TPSA) is 66.9 Å². The summed E-state index contributed by atoms with van der Waals surface area (Å²) < 4.78 is 32.9. The van der Waals surface area contributed by atoms with Gasteiger partial charge in [-0.3, -0.25) is 4.79 Å². The molecule has 1 fully saturated rings. The molecule has 2 rings (SSSR count). The summed E-state index contributed by atoms with van der Waals surface area (Å²) in [5.41, 5.74) is 1.54. The van der Waals surface area contributed by atoms with Crippen molar-refractivity contribution in [1.82, 2.24) is 9.21 Å². The second kappa shape index (κ2) is 9.89. The number of hydrogen-bond acceptors (Lipinski definition) is 4. The van der Waals surface area contributed by atoms with E-state index in [1.165, 1.54) is 17.5 Å². The summed E-state index contributed by atoms with van der Waals surface area (Å²) in [6.07, 6.45) is 5.88. The first kappa shape index (κ1) is 22.2. The summed E-state index contributed by atoms with van der Waals surface area (Å²) >= 11 is 0. The number of rotatable bonds is 8. The Balaban J connectivity index is 2.29. The van der Waals surface area contributed by atoms with E-state index in [1.807, 2.05) is 13.8 Å². The second-order valence-corrected chi connectivity index (χ2v) is 8.92. The Morgan fingerprint density at radius 1 is 1.29 bits per heavy atom. The smallest absolute Gasteiger partial charge is 0.246 e. The maximum atomic E-state index is 13.1.